The molecule has 1 heterocycles. The number of anilines is 1. The summed E-state index contributed by atoms with van der Waals surface area (Å²) < 4.78 is 5.10. The van der Waals surface area contributed by atoms with Gasteiger partial charge in [-0.15, -0.1) is 0 Å². The van der Waals surface area contributed by atoms with Crippen molar-refractivity contribution in [1.29, 1.82) is 0 Å². The Kier molecular flexibility index (Phi) is 4.22. The van der Waals surface area contributed by atoms with Gasteiger partial charge in [0.25, 0.3) is 0 Å². The average molecular weight is 274 g/mol. The van der Waals surface area contributed by atoms with Crippen LogP contribution < -0.4 is 10.6 Å². The highest BCUT2D eigenvalue weighted by molar-refractivity contribution is 7.80. The molecular weight excluding hydrogens is 256 g/mol. The molecule has 0 spiro atoms. The number of furan rings is 1. The summed E-state index contributed by atoms with van der Waals surface area (Å²) in [7, 11) is 0. The van der Waals surface area contributed by atoms with Gasteiger partial charge in [0.05, 0.1) is 19.1 Å². The van der Waals surface area contributed by atoms with E-state index in [4.69, 9.17) is 22.4 Å². The van der Waals surface area contributed by atoms with E-state index < -0.39 is 0 Å². The molecule has 100 valence electrons. The maximum absolute atomic E-state index is 5.87. The number of thiocarbonyl (C=S) groups is 1. The molecule has 0 saturated carbocycles. The highest BCUT2D eigenvalue weighted by Crippen LogP contribution is 2.24. The number of aryl methyl sites for hydroxylation is 2. The van der Waals surface area contributed by atoms with Crippen LogP contribution >= 0.6 is 12.2 Å². The molecule has 2 N–H and O–H groups in total. The van der Waals surface area contributed by atoms with E-state index in [9.17, 15) is 0 Å². The van der Waals surface area contributed by atoms with Gasteiger partial charge < -0.3 is 15.1 Å². The number of hydrogen-bond donors (Lipinski definition) is 1. The number of nitrogens with zero attached hydrogens (tertiary/aromatic N) is 1. The van der Waals surface area contributed by atoms with E-state index >= 15 is 0 Å². The maximum Gasteiger partial charge on any atom is 0.171 e. The Labute approximate surface area is 119 Å². The third-order valence-electron chi connectivity index (χ3n) is 3.09. The zero-order chi connectivity index (χ0) is 13.8. The summed E-state index contributed by atoms with van der Waals surface area (Å²) in [4.78, 5) is 1.94. The van der Waals surface area contributed by atoms with Crippen molar-refractivity contribution in [3.63, 3.8) is 0 Å². The molecule has 0 amide bonds. The predicted octanol–water partition coefficient (Wildman–Crippen LogP) is 3.40. The van der Waals surface area contributed by atoms with Crippen molar-refractivity contribution in [3.05, 3.63) is 53.5 Å². The molecule has 1 aromatic carbocycles. The van der Waals surface area contributed by atoms with Crippen molar-refractivity contribution in [1.82, 2.24) is 0 Å². The Balaban J connectivity index is 2.36. The second-order valence-electron chi connectivity index (χ2n) is 4.54. The Morgan fingerprint density at radius 3 is 2.74 bits per heavy atom. The van der Waals surface area contributed by atoms with Crippen molar-refractivity contribution in [2.45, 2.75) is 26.8 Å². The van der Waals surface area contributed by atoms with E-state index in [1.807, 2.05) is 11.0 Å². The van der Waals surface area contributed by atoms with Crippen LogP contribution in [0.25, 0.3) is 0 Å². The zero-order valence-electron chi connectivity index (χ0n) is 11.2. The highest BCUT2D eigenvalue weighted by atomic mass is 32.1. The number of rotatable bonds is 4. The molecule has 0 unspecified atom stereocenters. The number of benzene rings is 1. The Morgan fingerprint density at radius 1 is 1.37 bits per heavy atom. The first kappa shape index (κ1) is 13.6. The lowest BCUT2D eigenvalue weighted by Gasteiger charge is -2.25. The first-order valence-electron chi connectivity index (χ1n) is 6.29. The third kappa shape index (κ3) is 3.15. The lowest BCUT2D eigenvalue weighted by atomic mass is 10.1. The molecule has 4 heteroatoms. The summed E-state index contributed by atoms with van der Waals surface area (Å²) in [5.74, 6) is 0. The van der Waals surface area contributed by atoms with Crippen LogP contribution in [0.3, 0.4) is 0 Å². The van der Waals surface area contributed by atoms with E-state index in [1.54, 1.807) is 12.5 Å². The molecule has 0 bridgehead atoms. The number of nitrogens with two attached hydrogens (primary N) is 1. The van der Waals surface area contributed by atoms with Gasteiger partial charge in [0, 0.05) is 11.3 Å². The van der Waals surface area contributed by atoms with E-state index in [1.165, 1.54) is 11.1 Å². The molecule has 0 aliphatic heterocycles. The first-order chi connectivity index (χ1) is 9.11. The summed E-state index contributed by atoms with van der Waals surface area (Å²) in [6, 6.07) is 8.25. The van der Waals surface area contributed by atoms with Gasteiger partial charge in [-0.3, -0.25) is 0 Å². The molecule has 19 heavy (non-hydrogen) atoms. The van der Waals surface area contributed by atoms with Crippen LogP contribution in [0.4, 0.5) is 5.69 Å². The molecule has 0 aliphatic carbocycles. The Hall–Kier alpha value is -1.81. The largest absolute Gasteiger partial charge is 0.472 e. The van der Waals surface area contributed by atoms with Gasteiger partial charge in [0.2, 0.25) is 0 Å². The van der Waals surface area contributed by atoms with Crippen molar-refractivity contribution in [2.75, 3.05) is 4.90 Å². The van der Waals surface area contributed by atoms with Crippen molar-refractivity contribution in [3.8, 4) is 0 Å². The monoisotopic (exact) mass is 274 g/mol. The molecule has 0 aliphatic rings. The molecule has 2 rings (SSSR count). The van der Waals surface area contributed by atoms with E-state index in [0.29, 0.717) is 11.7 Å². The smallest absolute Gasteiger partial charge is 0.171 e. The van der Waals surface area contributed by atoms with Gasteiger partial charge in [-0.05, 0) is 43.3 Å². The van der Waals surface area contributed by atoms with Gasteiger partial charge in [-0.1, -0.05) is 24.6 Å². The SMILES string of the molecule is CCc1cc(C)ccc1N(Cc1ccoc1)C(N)=S. The van der Waals surface area contributed by atoms with E-state index in [-0.39, 0.29) is 0 Å². The van der Waals surface area contributed by atoms with Crippen LogP contribution in [-0.2, 0) is 13.0 Å². The summed E-state index contributed by atoms with van der Waals surface area (Å²) in [5.41, 5.74) is 10.5. The van der Waals surface area contributed by atoms with Gasteiger partial charge in [0.15, 0.2) is 5.11 Å². The quantitative estimate of drug-likeness (QED) is 0.868. The normalized spacial score (nSPS) is 10.4. The maximum atomic E-state index is 5.87. The Morgan fingerprint density at radius 2 is 2.16 bits per heavy atom. The van der Waals surface area contributed by atoms with Crippen LogP contribution in [0.2, 0.25) is 0 Å². The van der Waals surface area contributed by atoms with Crippen LogP contribution in [-0.4, -0.2) is 5.11 Å². The van der Waals surface area contributed by atoms with Gasteiger partial charge in [-0.25, -0.2) is 0 Å². The highest BCUT2D eigenvalue weighted by Gasteiger charge is 2.14. The zero-order valence-corrected chi connectivity index (χ0v) is 12.0. The van der Waals surface area contributed by atoms with E-state index in [0.717, 1.165) is 17.7 Å². The molecule has 0 saturated heterocycles. The lowest BCUT2D eigenvalue weighted by Crippen LogP contribution is -2.35. The molecular formula is C15H18N2OS. The Bertz CT molecular complexity index is 564. The molecule has 1 aromatic heterocycles. The molecule has 0 radical (unpaired) electrons. The second-order valence-corrected chi connectivity index (χ2v) is 4.96. The minimum absolute atomic E-state index is 0.375. The summed E-state index contributed by atoms with van der Waals surface area (Å²) in [6.45, 7) is 4.85. The second kappa shape index (κ2) is 5.89. The minimum Gasteiger partial charge on any atom is -0.472 e. The third-order valence-corrected chi connectivity index (χ3v) is 3.31. The number of hydrogen-bond acceptors (Lipinski definition) is 2. The molecule has 2 aromatic rings. The summed E-state index contributed by atoms with van der Waals surface area (Å²) >= 11 is 5.19. The fourth-order valence-corrected chi connectivity index (χ4v) is 2.27. The van der Waals surface area contributed by atoms with Crippen LogP contribution in [0.15, 0.2) is 41.2 Å². The van der Waals surface area contributed by atoms with Crippen LogP contribution in [0, 0.1) is 6.92 Å². The van der Waals surface area contributed by atoms with Crippen molar-refractivity contribution in [2.24, 2.45) is 5.73 Å². The predicted molar refractivity (Wildman–Crippen MR) is 82.2 cm³/mol. The van der Waals surface area contributed by atoms with Crippen molar-refractivity contribution < 1.29 is 4.42 Å². The van der Waals surface area contributed by atoms with Gasteiger partial charge in [0.1, 0.15) is 0 Å². The standard InChI is InChI=1S/C15H18N2OS/c1-3-13-8-11(2)4-5-14(13)17(15(16)19)9-12-6-7-18-10-12/h4-8,10H,3,9H2,1-2H3,(H2,16,19). The van der Waals surface area contributed by atoms with Crippen LogP contribution in [0.5, 0.6) is 0 Å². The molecule has 0 atom stereocenters. The molecule has 3 nitrogen and oxygen atoms in total. The van der Waals surface area contributed by atoms with Gasteiger partial charge >= 0.3 is 0 Å². The first-order valence-corrected chi connectivity index (χ1v) is 6.70. The fraction of sp³-hybridized carbons (Fsp3) is 0.267. The van der Waals surface area contributed by atoms with Crippen LogP contribution in [0.1, 0.15) is 23.6 Å². The lowest BCUT2D eigenvalue weighted by molar-refractivity contribution is 0.564. The fourth-order valence-electron chi connectivity index (χ4n) is 2.11. The summed E-state index contributed by atoms with van der Waals surface area (Å²) in [6.07, 6.45) is 4.32. The topological polar surface area (TPSA) is 42.4 Å². The van der Waals surface area contributed by atoms with E-state index in [2.05, 4.69) is 32.0 Å². The molecule has 0 fully saturated rings. The summed E-state index contributed by atoms with van der Waals surface area (Å²) in [5, 5.41) is 0.375. The van der Waals surface area contributed by atoms with Crippen molar-refractivity contribution >= 4 is 23.0 Å². The average Bonchev–Trinajstić information content (AvgIpc) is 2.89. The van der Waals surface area contributed by atoms with Gasteiger partial charge in [-0.2, -0.15) is 0 Å². The minimum atomic E-state index is 0.375.